The summed E-state index contributed by atoms with van der Waals surface area (Å²) in [6, 6.07) is 2.19. The monoisotopic (exact) mass is 403 g/mol. The molecule has 2 aliphatic carbocycles. The molecule has 140 valence electrons. The number of fused-ring (bicyclic) bond motifs is 2. The van der Waals surface area contributed by atoms with Gasteiger partial charge in [0.2, 0.25) is 17.7 Å². The van der Waals surface area contributed by atoms with E-state index in [1.807, 2.05) is 0 Å². The van der Waals surface area contributed by atoms with Gasteiger partial charge >= 0.3 is 0 Å². The third kappa shape index (κ3) is 3.17. The lowest BCUT2D eigenvalue weighted by molar-refractivity contribution is -0.142. The molecule has 3 amide bonds. The summed E-state index contributed by atoms with van der Waals surface area (Å²) in [6.07, 6.45) is 6.46. The van der Waals surface area contributed by atoms with Crippen molar-refractivity contribution in [1.29, 1.82) is 5.26 Å². The van der Waals surface area contributed by atoms with Crippen molar-refractivity contribution in [3.8, 4) is 6.07 Å². The highest BCUT2D eigenvalue weighted by Crippen LogP contribution is 2.39. The van der Waals surface area contributed by atoms with E-state index in [2.05, 4.69) is 11.4 Å². The number of likely N-dealkylation sites (tertiary alicyclic amines) is 1. The largest absolute Gasteiger partial charge is 0.315 e. The predicted octanol–water partition coefficient (Wildman–Crippen LogP) is 2.95. The Morgan fingerprint density at radius 2 is 2.04 bits per heavy atom. The zero-order valence-electron chi connectivity index (χ0n) is 14.6. The second-order valence-electron chi connectivity index (χ2n) is 7.14. The molecule has 2 atom stereocenters. The van der Waals surface area contributed by atoms with Crippen LogP contribution in [0.4, 0.5) is 5.00 Å². The van der Waals surface area contributed by atoms with Gasteiger partial charge in [-0.3, -0.25) is 19.3 Å². The van der Waals surface area contributed by atoms with Crippen molar-refractivity contribution in [3.05, 3.63) is 27.1 Å². The summed E-state index contributed by atoms with van der Waals surface area (Å²) in [4.78, 5) is 39.8. The third-order valence-corrected chi connectivity index (χ3v) is 7.01. The summed E-state index contributed by atoms with van der Waals surface area (Å²) in [5.74, 6) is -1.99. The average Bonchev–Trinajstić information content (AvgIpc) is 3.11. The third-order valence-electron chi connectivity index (χ3n) is 5.50. The van der Waals surface area contributed by atoms with Crippen LogP contribution < -0.4 is 5.32 Å². The number of carbonyl (C=O) groups is 3. The molecule has 0 saturated carbocycles. The fourth-order valence-corrected chi connectivity index (χ4v) is 5.65. The van der Waals surface area contributed by atoms with Crippen molar-refractivity contribution in [2.75, 3.05) is 11.9 Å². The number of nitrogens with one attached hydrogen (secondary N) is 1. The smallest absolute Gasteiger partial charge is 0.245 e. The fraction of sp³-hybridized carbons (Fsp3) is 0.474. The summed E-state index contributed by atoms with van der Waals surface area (Å²) in [5, 5.41) is 13.3. The van der Waals surface area contributed by atoms with Crippen LogP contribution in [0.15, 0.2) is 11.1 Å². The Hall–Kier alpha value is -2.17. The van der Waals surface area contributed by atoms with Gasteiger partial charge in [0.1, 0.15) is 17.6 Å². The van der Waals surface area contributed by atoms with E-state index in [0.717, 1.165) is 41.0 Å². The van der Waals surface area contributed by atoms with Crippen LogP contribution in [-0.4, -0.2) is 29.2 Å². The molecule has 8 heteroatoms. The number of hydrogen-bond acceptors (Lipinski definition) is 5. The van der Waals surface area contributed by atoms with E-state index < -0.39 is 17.7 Å². The molecule has 27 heavy (non-hydrogen) atoms. The van der Waals surface area contributed by atoms with Crippen molar-refractivity contribution >= 4 is 45.7 Å². The molecular formula is C19H18ClN3O3S. The Morgan fingerprint density at radius 3 is 2.81 bits per heavy atom. The van der Waals surface area contributed by atoms with Crippen molar-refractivity contribution in [2.45, 2.75) is 38.5 Å². The maximum absolute atomic E-state index is 12.6. The van der Waals surface area contributed by atoms with Crippen LogP contribution in [0.1, 0.15) is 41.7 Å². The standard InChI is InChI=1S/C19H18ClN3O3S/c20-10-5-6-12-13(7-10)19(26)23(18(12)25)9-16(24)22-17-14(8-21)11-3-1-2-4-15(11)27-17/h5,12-13H,1-4,6-7,9H2,(H,22,24)/t12-,13-/m1/s1. The lowest BCUT2D eigenvalue weighted by atomic mass is 9.85. The Balaban J connectivity index is 1.48. The molecule has 2 heterocycles. The molecule has 0 bridgehead atoms. The molecule has 0 unspecified atom stereocenters. The Bertz CT molecular complexity index is 914. The summed E-state index contributed by atoms with van der Waals surface area (Å²) in [5.41, 5.74) is 1.55. The zero-order valence-corrected chi connectivity index (χ0v) is 16.2. The molecule has 0 radical (unpaired) electrons. The highest BCUT2D eigenvalue weighted by Gasteiger charge is 2.48. The van der Waals surface area contributed by atoms with Gasteiger partial charge in [0.05, 0.1) is 17.4 Å². The molecule has 1 aliphatic heterocycles. The van der Waals surface area contributed by atoms with E-state index in [-0.39, 0.29) is 18.4 Å². The molecule has 1 aromatic rings. The van der Waals surface area contributed by atoms with E-state index in [1.54, 1.807) is 6.08 Å². The van der Waals surface area contributed by atoms with Gasteiger partial charge in [-0.15, -0.1) is 11.3 Å². The van der Waals surface area contributed by atoms with Crippen molar-refractivity contribution in [3.63, 3.8) is 0 Å². The van der Waals surface area contributed by atoms with Crippen LogP contribution in [0.2, 0.25) is 0 Å². The summed E-state index contributed by atoms with van der Waals surface area (Å²) < 4.78 is 0. The number of carbonyl (C=O) groups excluding carboxylic acids is 3. The molecule has 1 aromatic heterocycles. The first-order valence-electron chi connectivity index (χ1n) is 9.03. The molecule has 4 rings (SSSR count). The number of nitrogens with zero attached hydrogens (tertiary/aromatic N) is 2. The quantitative estimate of drug-likeness (QED) is 0.785. The van der Waals surface area contributed by atoms with Gasteiger partial charge in [-0.25, -0.2) is 0 Å². The molecule has 1 saturated heterocycles. The van der Waals surface area contributed by atoms with E-state index in [1.165, 1.54) is 11.3 Å². The van der Waals surface area contributed by atoms with E-state index in [0.29, 0.717) is 28.4 Å². The maximum Gasteiger partial charge on any atom is 0.245 e. The van der Waals surface area contributed by atoms with Gasteiger partial charge in [-0.05, 0) is 44.1 Å². The number of aryl methyl sites for hydroxylation is 1. The zero-order chi connectivity index (χ0) is 19.1. The minimum absolute atomic E-state index is 0.313. The Labute approximate surface area is 165 Å². The number of rotatable bonds is 3. The SMILES string of the molecule is N#Cc1c(NC(=O)CN2C(=O)[C@@H]3CC=C(Cl)C[C@H]3C2=O)sc2c1CCCC2. The topological polar surface area (TPSA) is 90.3 Å². The van der Waals surface area contributed by atoms with E-state index in [9.17, 15) is 19.6 Å². The number of imide groups is 1. The highest BCUT2D eigenvalue weighted by molar-refractivity contribution is 7.16. The predicted molar refractivity (Wildman–Crippen MR) is 101 cm³/mol. The van der Waals surface area contributed by atoms with Gasteiger partial charge < -0.3 is 5.32 Å². The van der Waals surface area contributed by atoms with Crippen molar-refractivity contribution < 1.29 is 14.4 Å². The summed E-state index contributed by atoms with van der Waals surface area (Å²) in [7, 11) is 0. The number of anilines is 1. The molecule has 3 aliphatic rings. The lowest BCUT2D eigenvalue weighted by Gasteiger charge is -2.17. The van der Waals surface area contributed by atoms with Gasteiger partial charge in [-0.2, -0.15) is 5.26 Å². The number of allylic oxidation sites excluding steroid dienone is 2. The minimum Gasteiger partial charge on any atom is -0.315 e. The van der Waals surface area contributed by atoms with Gasteiger partial charge in [0.15, 0.2) is 0 Å². The lowest BCUT2D eigenvalue weighted by Crippen LogP contribution is -2.38. The van der Waals surface area contributed by atoms with Crippen LogP contribution in [-0.2, 0) is 27.2 Å². The number of hydrogen-bond donors (Lipinski definition) is 1. The number of halogens is 1. The minimum atomic E-state index is -0.466. The normalized spacial score (nSPS) is 24.1. The van der Waals surface area contributed by atoms with Gasteiger partial charge in [0, 0.05) is 9.91 Å². The van der Waals surface area contributed by atoms with Crippen LogP contribution in [0, 0.1) is 23.2 Å². The van der Waals surface area contributed by atoms with E-state index in [4.69, 9.17) is 11.6 Å². The van der Waals surface area contributed by atoms with Crippen LogP contribution in [0.3, 0.4) is 0 Å². The number of thiophene rings is 1. The van der Waals surface area contributed by atoms with Gasteiger partial charge in [-0.1, -0.05) is 17.7 Å². The Kier molecular flexibility index (Phi) is 4.79. The first kappa shape index (κ1) is 18.2. The number of nitriles is 1. The molecule has 0 aromatic carbocycles. The Morgan fingerprint density at radius 1 is 1.30 bits per heavy atom. The van der Waals surface area contributed by atoms with Crippen molar-refractivity contribution in [2.24, 2.45) is 11.8 Å². The highest BCUT2D eigenvalue weighted by atomic mass is 35.5. The van der Waals surface area contributed by atoms with Crippen molar-refractivity contribution in [1.82, 2.24) is 4.90 Å². The first-order valence-corrected chi connectivity index (χ1v) is 10.2. The first-order chi connectivity index (χ1) is 13.0. The average molecular weight is 404 g/mol. The summed E-state index contributed by atoms with van der Waals surface area (Å²) >= 11 is 7.44. The summed E-state index contributed by atoms with van der Waals surface area (Å²) in [6.45, 7) is -0.324. The molecular weight excluding hydrogens is 386 g/mol. The molecule has 6 nitrogen and oxygen atoms in total. The number of amides is 3. The molecule has 0 spiro atoms. The van der Waals surface area contributed by atoms with Crippen LogP contribution in [0.5, 0.6) is 0 Å². The second-order valence-corrected chi connectivity index (χ2v) is 8.73. The fourth-order valence-electron chi connectivity index (χ4n) is 4.13. The van der Waals surface area contributed by atoms with Crippen LogP contribution >= 0.6 is 22.9 Å². The molecule has 1 N–H and O–H groups in total. The van der Waals surface area contributed by atoms with E-state index >= 15 is 0 Å². The maximum atomic E-state index is 12.6. The second kappa shape index (κ2) is 7.10. The van der Waals surface area contributed by atoms with Gasteiger partial charge in [0.25, 0.3) is 0 Å². The van der Waals surface area contributed by atoms with Crippen LogP contribution in [0.25, 0.3) is 0 Å². The molecule has 1 fully saturated rings.